The lowest BCUT2D eigenvalue weighted by atomic mass is 9.75. The highest BCUT2D eigenvalue weighted by atomic mass is 32.1. The van der Waals surface area contributed by atoms with E-state index >= 15 is 0 Å². The molecule has 1 N–H and O–H groups in total. The molecule has 1 unspecified atom stereocenters. The van der Waals surface area contributed by atoms with Gasteiger partial charge in [0.2, 0.25) is 5.91 Å². The van der Waals surface area contributed by atoms with Crippen LogP contribution < -0.4 is 5.32 Å². The first-order chi connectivity index (χ1) is 7.49. The molecule has 0 spiro atoms. The number of carbonyl (C=O) groups excluding carboxylic acids is 1. The van der Waals surface area contributed by atoms with Crippen LogP contribution in [0.3, 0.4) is 0 Å². The monoisotopic (exact) mass is 259 g/mol. The number of hydrogen-bond donors (Lipinski definition) is 2. The molecule has 0 bridgehead atoms. The molecule has 0 aliphatic heterocycles. The van der Waals surface area contributed by atoms with Crippen molar-refractivity contribution >= 4 is 18.5 Å². The molecule has 0 fully saturated rings. The van der Waals surface area contributed by atoms with E-state index in [1.807, 2.05) is 13.8 Å². The zero-order valence-corrected chi connectivity index (χ0v) is 13.3. The molecule has 0 heterocycles. The quantitative estimate of drug-likeness (QED) is 0.727. The van der Waals surface area contributed by atoms with Gasteiger partial charge >= 0.3 is 0 Å². The van der Waals surface area contributed by atoms with Gasteiger partial charge in [0.15, 0.2) is 0 Å². The van der Waals surface area contributed by atoms with Gasteiger partial charge in [0.25, 0.3) is 0 Å². The van der Waals surface area contributed by atoms with Crippen LogP contribution in [0.5, 0.6) is 0 Å². The Morgan fingerprint density at radius 1 is 1.18 bits per heavy atom. The molecule has 0 aliphatic rings. The molecule has 0 aliphatic carbocycles. The zero-order valence-electron chi connectivity index (χ0n) is 12.4. The molecule has 1 atom stereocenters. The number of amides is 1. The summed E-state index contributed by atoms with van der Waals surface area (Å²) in [5.74, 6) is 1.40. The van der Waals surface area contributed by atoms with Crippen LogP contribution in [0.2, 0.25) is 0 Å². The van der Waals surface area contributed by atoms with E-state index in [1.165, 1.54) is 0 Å². The van der Waals surface area contributed by atoms with Crippen LogP contribution in [0.4, 0.5) is 0 Å². The lowest BCUT2D eigenvalue weighted by molar-refractivity contribution is -0.130. The lowest BCUT2D eigenvalue weighted by Gasteiger charge is -2.34. The van der Waals surface area contributed by atoms with Crippen LogP contribution in [0, 0.1) is 17.3 Å². The van der Waals surface area contributed by atoms with Crippen LogP contribution in [-0.2, 0) is 4.79 Å². The van der Waals surface area contributed by atoms with Crippen molar-refractivity contribution in [1.29, 1.82) is 0 Å². The Morgan fingerprint density at radius 3 is 1.94 bits per heavy atom. The molecule has 102 valence electrons. The van der Waals surface area contributed by atoms with Crippen LogP contribution in [0.15, 0.2) is 0 Å². The second-order valence-corrected chi connectivity index (χ2v) is 7.40. The molecule has 0 saturated heterocycles. The molecule has 0 aromatic heterocycles. The molecule has 0 aromatic carbocycles. The molecule has 0 radical (unpaired) electrons. The van der Waals surface area contributed by atoms with Crippen molar-refractivity contribution in [3.63, 3.8) is 0 Å². The summed E-state index contributed by atoms with van der Waals surface area (Å²) in [7, 11) is 0. The molecule has 0 aromatic rings. The van der Waals surface area contributed by atoms with Crippen LogP contribution in [0.25, 0.3) is 0 Å². The van der Waals surface area contributed by atoms with Crippen molar-refractivity contribution in [2.24, 2.45) is 17.3 Å². The second-order valence-electron chi connectivity index (χ2n) is 7.08. The number of thiol groups is 1. The predicted molar refractivity (Wildman–Crippen MR) is 78.5 cm³/mol. The van der Waals surface area contributed by atoms with Crippen molar-refractivity contribution in [3.05, 3.63) is 0 Å². The number of carbonyl (C=O) groups is 1. The van der Waals surface area contributed by atoms with Crippen molar-refractivity contribution in [3.8, 4) is 0 Å². The maximum atomic E-state index is 12.4. The average molecular weight is 259 g/mol. The van der Waals surface area contributed by atoms with Gasteiger partial charge in [-0.25, -0.2) is 0 Å². The predicted octanol–water partition coefficient (Wildman–Crippen LogP) is 3.52. The largest absolute Gasteiger partial charge is 0.350 e. The molecular weight excluding hydrogens is 230 g/mol. The first kappa shape index (κ1) is 16.8. The molecule has 17 heavy (non-hydrogen) atoms. The topological polar surface area (TPSA) is 29.1 Å². The van der Waals surface area contributed by atoms with E-state index in [0.717, 1.165) is 6.42 Å². The van der Waals surface area contributed by atoms with Gasteiger partial charge in [0.05, 0.1) is 0 Å². The SMILES string of the molecule is CC(C)CC(C(=O)NC(C)(C)CS)C(C)(C)C. The van der Waals surface area contributed by atoms with Gasteiger partial charge in [-0.05, 0) is 31.6 Å². The zero-order chi connectivity index (χ0) is 13.9. The first-order valence-corrected chi connectivity index (χ1v) is 7.05. The number of rotatable bonds is 5. The number of hydrogen-bond acceptors (Lipinski definition) is 2. The minimum absolute atomic E-state index is 0.00102. The van der Waals surface area contributed by atoms with E-state index in [2.05, 4.69) is 52.6 Å². The summed E-state index contributed by atoms with van der Waals surface area (Å²) in [5, 5.41) is 3.10. The van der Waals surface area contributed by atoms with E-state index in [0.29, 0.717) is 11.7 Å². The Kier molecular flexibility index (Phi) is 6.06. The lowest BCUT2D eigenvalue weighted by Crippen LogP contribution is -2.50. The normalized spacial score (nSPS) is 14.9. The second kappa shape index (κ2) is 6.12. The fourth-order valence-electron chi connectivity index (χ4n) is 1.79. The molecular formula is C14H29NOS. The fourth-order valence-corrected chi connectivity index (χ4v) is 1.86. The molecule has 0 saturated carbocycles. The van der Waals surface area contributed by atoms with E-state index in [1.54, 1.807) is 0 Å². The van der Waals surface area contributed by atoms with Crippen molar-refractivity contribution < 1.29 is 4.79 Å². The van der Waals surface area contributed by atoms with Crippen LogP contribution >= 0.6 is 12.6 Å². The van der Waals surface area contributed by atoms with E-state index in [9.17, 15) is 4.79 Å². The molecule has 1 amide bonds. The van der Waals surface area contributed by atoms with Gasteiger partial charge < -0.3 is 5.32 Å². The third-order valence-corrected chi connectivity index (χ3v) is 3.72. The summed E-state index contributed by atoms with van der Waals surface area (Å²) in [6, 6.07) is 0. The minimum Gasteiger partial charge on any atom is -0.350 e. The molecule has 3 heteroatoms. The summed E-state index contributed by atoms with van der Waals surface area (Å²) < 4.78 is 0. The average Bonchev–Trinajstić information content (AvgIpc) is 2.11. The van der Waals surface area contributed by atoms with Gasteiger partial charge in [-0.3, -0.25) is 4.79 Å². The van der Waals surface area contributed by atoms with Gasteiger partial charge in [-0.15, -0.1) is 0 Å². The maximum absolute atomic E-state index is 12.4. The Balaban J connectivity index is 4.77. The van der Waals surface area contributed by atoms with Crippen molar-refractivity contribution in [2.75, 3.05) is 5.75 Å². The van der Waals surface area contributed by atoms with Crippen molar-refractivity contribution in [1.82, 2.24) is 5.32 Å². The smallest absolute Gasteiger partial charge is 0.224 e. The molecule has 2 nitrogen and oxygen atoms in total. The first-order valence-electron chi connectivity index (χ1n) is 6.42. The molecule has 0 rings (SSSR count). The van der Waals surface area contributed by atoms with Gasteiger partial charge in [0, 0.05) is 17.2 Å². The third kappa shape index (κ3) is 6.35. The maximum Gasteiger partial charge on any atom is 0.224 e. The highest BCUT2D eigenvalue weighted by Crippen LogP contribution is 2.32. The summed E-state index contributed by atoms with van der Waals surface area (Å²) in [5.41, 5.74) is -0.234. The summed E-state index contributed by atoms with van der Waals surface area (Å²) in [4.78, 5) is 12.4. The number of nitrogens with one attached hydrogen (secondary N) is 1. The summed E-state index contributed by atoms with van der Waals surface area (Å²) in [6.07, 6.45) is 0.929. The third-order valence-electron chi connectivity index (χ3n) is 2.93. The van der Waals surface area contributed by atoms with Crippen molar-refractivity contribution in [2.45, 2.75) is 60.4 Å². The Hall–Kier alpha value is -0.180. The standard InChI is InChI=1S/C14H29NOS/c1-10(2)8-11(13(3,4)5)12(16)15-14(6,7)9-17/h10-11,17H,8-9H2,1-7H3,(H,15,16). The van der Waals surface area contributed by atoms with E-state index < -0.39 is 0 Å². The Bertz CT molecular complexity index is 253. The Labute approximate surface area is 112 Å². The Morgan fingerprint density at radius 2 is 1.65 bits per heavy atom. The highest BCUT2D eigenvalue weighted by molar-refractivity contribution is 7.80. The van der Waals surface area contributed by atoms with Gasteiger partial charge in [0.1, 0.15) is 0 Å². The van der Waals surface area contributed by atoms with Crippen LogP contribution in [-0.4, -0.2) is 17.2 Å². The minimum atomic E-state index is -0.235. The van der Waals surface area contributed by atoms with E-state index in [-0.39, 0.29) is 22.8 Å². The fraction of sp³-hybridized carbons (Fsp3) is 0.929. The summed E-state index contributed by atoms with van der Waals surface area (Å²) >= 11 is 4.27. The highest BCUT2D eigenvalue weighted by Gasteiger charge is 2.33. The summed E-state index contributed by atoms with van der Waals surface area (Å²) in [6.45, 7) is 14.7. The van der Waals surface area contributed by atoms with E-state index in [4.69, 9.17) is 0 Å². The van der Waals surface area contributed by atoms with Gasteiger partial charge in [-0.2, -0.15) is 12.6 Å². The van der Waals surface area contributed by atoms with Crippen LogP contribution in [0.1, 0.15) is 54.9 Å². The van der Waals surface area contributed by atoms with Gasteiger partial charge in [-0.1, -0.05) is 34.6 Å².